The number of thioether (sulfide) groups is 1. The second kappa shape index (κ2) is 5.98. The van der Waals surface area contributed by atoms with Crippen LogP contribution < -0.4 is 10.5 Å². The number of hydrogen-bond donors (Lipinski definition) is 1. The Morgan fingerprint density at radius 3 is 2.89 bits per heavy atom. The molecule has 5 heteroatoms. The average molecular weight is 281 g/mol. The molecule has 94 valence electrons. The van der Waals surface area contributed by atoms with E-state index in [1.54, 1.807) is 24.9 Å². The minimum absolute atomic E-state index is 0.506. The molecule has 3 nitrogen and oxygen atoms in total. The van der Waals surface area contributed by atoms with E-state index in [4.69, 9.17) is 22.1 Å². The Labute approximate surface area is 115 Å². The van der Waals surface area contributed by atoms with Gasteiger partial charge in [-0.2, -0.15) is 0 Å². The number of nitrogen functional groups attached to an aromatic ring is 1. The molecule has 2 aromatic rings. The van der Waals surface area contributed by atoms with Gasteiger partial charge in [-0.05, 0) is 30.3 Å². The standard InChI is InChI=1S/C13H13ClN2OS/c1-17-10-5-6-11(15)12(7-10)18-8-9-3-2-4-13(14)16-9/h2-7H,8,15H2,1H3. The van der Waals surface area contributed by atoms with Crippen LogP contribution in [-0.2, 0) is 5.75 Å². The summed E-state index contributed by atoms with van der Waals surface area (Å²) < 4.78 is 5.18. The first-order valence-corrected chi connectivity index (χ1v) is 6.73. The molecular formula is C13H13ClN2OS. The maximum atomic E-state index is 5.92. The molecule has 0 aliphatic carbocycles. The Bertz CT molecular complexity index is 548. The maximum absolute atomic E-state index is 5.92. The summed E-state index contributed by atoms with van der Waals surface area (Å²) >= 11 is 7.45. The molecule has 0 aliphatic rings. The van der Waals surface area contributed by atoms with Gasteiger partial charge >= 0.3 is 0 Å². The fraction of sp³-hybridized carbons (Fsp3) is 0.154. The van der Waals surface area contributed by atoms with Crippen LogP contribution in [0.1, 0.15) is 5.69 Å². The second-order valence-electron chi connectivity index (χ2n) is 3.64. The van der Waals surface area contributed by atoms with Crippen LogP contribution in [0.2, 0.25) is 5.15 Å². The SMILES string of the molecule is COc1ccc(N)c(SCc2cccc(Cl)n2)c1. The van der Waals surface area contributed by atoms with Gasteiger partial charge in [0.15, 0.2) is 0 Å². The van der Waals surface area contributed by atoms with Gasteiger partial charge in [0.05, 0.1) is 12.8 Å². The van der Waals surface area contributed by atoms with Crippen molar-refractivity contribution in [1.29, 1.82) is 0 Å². The van der Waals surface area contributed by atoms with Crippen molar-refractivity contribution in [3.8, 4) is 5.75 Å². The summed E-state index contributed by atoms with van der Waals surface area (Å²) in [4.78, 5) is 5.22. The van der Waals surface area contributed by atoms with Crippen molar-refractivity contribution in [3.05, 3.63) is 47.2 Å². The number of ether oxygens (including phenoxy) is 1. The first kappa shape index (κ1) is 13.1. The third-order valence-electron chi connectivity index (χ3n) is 2.37. The van der Waals surface area contributed by atoms with Crippen LogP contribution in [0, 0.1) is 0 Å². The molecule has 0 saturated carbocycles. The van der Waals surface area contributed by atoms with E-state index in [9.17, 15) is 0 Å². The van der Waals surface area contributed by atoms with Crippen molar-refractivity contribution in [2.75, 3.05) is 12.8 Å². The predicted octanol–water partition coefficient (Wildman–Crippen LogP) is 3.62. The van der Waals surface area contributed by atoms with Crippen LogP contribution in [0.15, 0.2) is 41.3 Å². The van der Waals surface area contributed by atoms with E-state index in [1.807, 2.05) is 30.3 Å². The lowest BCUT2D eigenvalue weighted by atomic mass is 10.3. The third kappa shape index (κ3) is 3.31. The zero-order valence-electron chi connectivity index (χ0n) is 9.89. The number of hydrogen-bond acceptors (Lipinski definition) is 4. The van der Waals surface area contributed by atoms with Gasteiger partial charge in [0.1, 0.15) is 10.9 Å². The number of benzene rings is 1. The average Bonchev–Trinajstić information content (AvgIpc) is 2.38. The largest absolute Gasteiger partial charge is 0.497 e. The van der Waals surface area contributed by atoms with Crippen LogP contribution >= 0.6 is 23.4 Å². The summed E-state index contributed by atoms with van der Waals surface area (Å²) in [6, 6.07) is 11.2. The van der Waals surface area contributed by atoms with Gasteiger partial charge in [-0.15, -0.1) is 11.8 Å². The predicted molar refractivity (Wildman–Crippen MR) is 76.2 cm³/mol. The highest BCUT2D eigenvalue weighted by Gasteiger charge is 2.04. The molecule has 0 unspecified atom stereocenters. The topological polar surface area (TPSA) is 48.1 Å². The van der Waals surface area contributed by atoms with E-state index in [0.29, 0.717) is 5.15 Å². The molecule has 0 atom stereocenters. The maximum Gasteiger partial charge on any atom is 0.129 e. The van der Waals surface area contributed by atoms with Gasteiger partial charge in [0.25, 0.3) is 0 Å². The van der Waals surface area contributed by atoms with Crippen molar-refractivity contribution in [3.63, 3.8) is 0 Å². The summed E-state index contributed by atoms with van der Waals surface area (Å²) in [6.07, 6.45) is 0. The molecule has 0 amide bonds. The lowest BCUT2D eigenvalue weighted by molar-refractivity contribution is 0.414. The lowest BCUT2D eigenvalue weighted by Gasteiger charge is -2.07. The van der Waals surface area contributed by atoms with Crippen LogP contribution in [-0.4, -0.2) is 12.1 Å². The molecule has 1 aromatic carbocycles. The highest BCUT2D eigenvalue weighted by molar-refractivity contribution is 7.98. The van der Waals surface area contributed by atoms with Crippen LogP contribution in [0.4, 0.5) is 5.69 Å². The van der Waals surface area contributed by atoms with Crippen molar-refractivity contribution < 1.29 is 4.74 Å². The Kier molecular flexibility index (Phi) is 4.33. The quantitative estimate of drug-likeness (QED) is 0.528. The van der Waals surface area contributed by atoms with E-state index < -0.39 is 0 Å². The molecule has 0 bridgehead atoms. The number of anilines is 1. The summed E-state index contributed by atoms with van der Waals surface area (Å²) in [5.74, 6) is 1.52. The lowest BCUT2D eigenvalue weighted by Crippen LogP contribution is -1.92. The Morgan fingerprint density at radius 1 is 1.33 bits per heavy atom. The van der Waals surface area contributed by atoms with E-state index in [0.717, 1.165) is 27.8 Å². The van der Waals surface area contributed by atoms with Crippen LogP contribution in [0.25, 0.3) is 0 Å². The Balaban J connectivity index is 2.10. The van der Waals surface area contributed by atoms with E-state index in [1.165, 1.54) is 0 Å². The molecule has 1 heterocycles. The molecule has 0 spiro atoms. The summed E-state index contributed by atoms with van der Waals surface area (Å²) in [5, 5.41) is 0.506. The zero-order valence-corrected chi connectivity index (χ0v) is 11.5. The van der Waals surface area contributed by atoms with Gasteiger partial charge in [0.2, 0.25) is 0 Å². The molecule has 2 N–H and O–H groups in total. The van der Waals surface area contributed by atoms with Gasteiger partial charge in [-0.25, -0.2) is 4.98 Å². The third-order valence-corrected chi connectivity index (χ3v) is 3.68. The Morgan fingerprint density at radius 2 is 2.17 bits per heavy atom. The molecule has 0 saturated heterocycles. The number of nitrogens with zero attached hydrogens (tertiary/aromatic N) is 1. The van der Waals surface area contributed by atoms with Crippen molar-refractivity contribution in [2.24, 2.45) is 0 Å². The molecule has 0 radical (unpaired) electrons. The number of rotatable bonds is 4. The monoisotopic (exact) mass is 280 g/mol. The highest BCUT2D eigenvalue weighted by Crippen LogP contribution is 2.31. The van der Waals surface area contributed by atoms with Crippen molar-refractivity contribution in [1.82, 2.24) is 4.98 Å². The highest BCUT2D eigenvalue weighted by atomic mass is 35.5. The molecular weight excluding hydrogens is 268 g/mol. The first-order chi connectivity index (χ1) is 8.69. The molecule has 1 aromatic heterocycles. The molecule has 2 rings (SSSR count). The molecule has 0 fully saturated rings. The van der Waals surface area contributed by atoms with E-state index in [-0.39, 0.29) is 0 Å². The zero-order chi connectivity index (χ0) is 13.0. The normalized spacial score (nSPS) is 10.3. The molecule has 0 aliphatic heterocycles. The minimum Gasteiger partial charge on any atom is -0.497 e. The van der Waals surface area contributed by atoms with E-state index >= 15 is 0 Å². The number of nitrogens with two attached hydrogens (primary N) is 1. The Hall–Kier alpha value is -1.39. The summed E-state index contributed by atoms with van der Waals surface area (Å²) in [5.41, 5.74) is 7.58. The number of aromatic nitrogens is 1. The molecule has 18 heavy (non-hydrogen) atoms. The van der Waals surface area contributed by atoms with Gasteiger partial charge in [-0.3, -0.25) is 0 Å². The van der Waals surface area contributed by atoms with Gasteiger partial charge in [-0.1, -0.05) is 17.7 Å². The van der Waals surface area contributed by atoms with E-state index in [2.05, 4.69) is 4.98 Å². The van der Waals surface area contributed by atoms with Gasteiger partial charge in [0, 0.05) is 16.3 Å². The number of halogens is 1. The minimum atomic E-state index is 0.506. The summed E-state index contributed by atoms with van der Waals surface area (Å²) in [7, 11) is 1.64. The smallest absolute Gasteiger partial charge is 0.129 e. The van der Waals surface area contributed by atoms with Crippen molar-refractivity contribution in [2.45, 2.75) is 10.6 Å². The second-order valence-corrected chi connectivity index (χ2v) is 5.05. The van der Waals surface area contributed by atoms with Crippen LogP contribution in [0.3, 0.4) is 0 Å². The van der Waals surface area contributed by atoms with Gasteiger partial charge < -0.3 is 10.5 Å². The van der Waals surface area contributed by atoms with Crippen molar-refractivity contribution >= 4 is 29.1 Å². The number of pyridine rings is 1. The first-order valence-electron chi connectivity index (χ1n) is 5.37. The van der Waals surface area contributed by atoms with Crippen LogP contribution in [0.5, 0.6) is 5.75 Å². The fourth-order valence-electron chi connectivity index (χ4n) is 1.45. The fourth-order valence-corrected chi connectivity index (χ4v) is 2.53. The summed E-state index contributed by atoms with van der Waals surface area (Å²) in [6.45, 7) is 0. The number of methoxy groups -OCH3 is 1.